The van der Waals surface area contributed by atoms with Gasteiger partial charge < -0.3 is 34.8 Å². The van der Waals surface area contributed by atoms with Gasteiger partial charge >= 0.3 is 12.2 Å². The molecule has 43 heavy (non-hydrogen) atoms. The smallest absolute Gasteiger partial charge is 0.410 e. The van der Waals surface area contributed by atoms with E-state index in [9.17, 15) is 24.6 Å². The van der Waals surface area contributed by atoms with Gasteiger partial charge in [0.1, 0.15) is 22.6 Å². The molecule has 13 heteroatoms. The average molecular weight is 597 g/mol. The quantitative estimate of drug-likeness (QED) is 0.259. The lowest BCUT2D eigenvalue weighted by atomic mass is 9.87. The Morgan fingerprint density at radius 2 is 1.65 bits per heavy atom. The van der Waals surface area contributed by atoms with Crippen molar-refractivity contribution in [1.29, 1.82) is 0 Å². The summed E-state index contributed by atoms with van der Waals surface area (Å²) >= 11 is 0. The van der Waals surface area contributed by atoms with Crippen LogP contribution in [0.2, 0.25) is 0 Å². The number of hydrogen-bond donors (Lipinski definition) is 3. The molecule has 232 valence electrons. The van der Waals surface area contributed by atoms with Crippen molar-refractivity contribution in [3.05, 3.63) is 35.7 Å². The van der Waals surface area contributed by atoms with Gasteiger partial charge in [-0.05, 0) is 53.7 Å². The Balaban J connectivity index is 1.66. The summed E-state index contributed by atoms with van der Waals surface area (Å²) in [4.78, 5) is 45.9. The Morgan fingerprint density at radius 3 is 2.30 bits per heavy atom. The molecule has 3 N–H and O–H groups in total. The van der Waals surface area contributed by atoms with E-state index < -0.39 is 23.4 Å². The number of aromatic nitrogens is 3. The molecular formula is C30H40N6O7. The summed E-state index contributed by atoms with van der Waals surface area (Å²) in [6.45, 7) is 11.6. The fourth-order valence-corrected chi connectivity index (χ4v) is 4.75. The highest BCUT2D eigenvalue weighted by Crippen LogP contribution is 2.44. The molecule has 2 heterocycles. The fourth-order valence-electron chi connectivity index (χ4n) is 4.75. The third kappa shape index (κ3) is 6.99. The van der Waals surface area contributed by atoms with Crippen LogP contribution in [0.5, 0.6) is 5.75 Å². The Hall–Kier alpha value is -4.39. The van der Waals surface area contributed by atoms with Crippen molar-refractivity contribution in [2.45, 2.75) is 59.3 Å². The molecule has 0 radical (unpaired) electrons. The molecule has 3 aromatic rings. The highest BCUT2D eigenvalue weighted by Gasteiger charge is 2.34. The van der Waals surface area contributed by atoms with Gasteiger partial charge in [-0.25, -0.2) is 9.59 Å². The van der Waals surface area contributed by atoms with Crippen molar-refractivity contribution in [3.8, 4) is 17.0 Å². The number of pyridine rings is 1. The number of amides is 2. The van der Waals surface area contributed by atoms with E-state index in [1.807, 2.05) is 6.07 Å². The van der Waals surface area contributed by atoms with Crippen molar-refractivity contribution in [2.75, 3.05) is 45.2 Å². The molecule has 0 saturated heterocycles. The summed E-state index contributed by atoms with van der Waals surface area (Å²) in [6.07, 6.45) is 1.70. The molecule has 0 bridgehead atoms. The van der Waals surface area contributed by atoms with E-state index in [0.717, 1.165) is 0 Å². The number of aliphatic hydroxyl groups excluding tert-OH is 1. The van der Waals surface area contributed by atoms with Crippen molar-refractivity contribution < 1.29 is 34.1 Å². The first-order valence-electron chi connectivity index (χ1n) is 14.1. The molecule has 0 unspecified atom stereocenters. The summed E-state index contributed by atoms with van der Waals surface area (Å²) in [6, 6.07) is 3.58. The van der Waals surface area contributed by atoms with Gasteiger partial charge in [-0.1, -0.05) is 0 Å². The monoisotopic (exact) mass is 596 g/mol. The second-order valence-corrected chi connectivity index (χ2v) is 12.4. The van der Waals surface area contributed by atoms with Gasteiger partial charge in [-0.3, -0.25) is 14.5 Å². The first-order chi connectivity index (χ1) is 20.1. The maximum Gasteiger partial charge on any atom is 0.410 e. The number of carbonyl (C=O) groups is 3. The number of nitrogens with one attached hydrogen (secondary N) is 1. The highest BCUT2D eigenvalue weighted by molar-refractivity contribution is 6.28. The van der Waals surface area contributed by atoms with Gasteiger partial charge in [0.25, 0.3) is 0 Å². The van der Waals surface area contributed by atoms with Crippen LogP contribution in [0.1, 0.15) is 57.5 Å². The number of benzene rings is 1. The van der Waals surface area contributed by atoms with E-state index in [2.05, 4.69) is 10.3 Å². The lowest BCUT2D eigenvalue weighted by Gasteiger charge is -2.27. The van der Waals surface area contributed by atoms with Crippen LogP contribution in [0.4, 0.5) is 15.3 Å². The molecule has 0 atom stereocenters. The minimum absolute atomic E-state index is 0.0805. The lowest BCUT2D eigenvalue weighted by Crippen LogP contribution is -2.40. The second-order valence-electron chi connectivity index (χ2n) is 12.4. The summed E-state index contributed by atoms with van der Waals surface area (Å²) in [5, 5.41) is 28.8. The zero-order valence-corrected chi connectivity index (χ0v) is 25.7. The summed E-state index contributed by atoms with van der Waals surface area (Å²) in [5.74, 6) is -0.638. The maximum absolute atomic E-state index is 13.8. The van der Waals surface area contributed by atoms with Crippen molar-refractivity contribution in [3.63, 3.8) is 0 Å². The first-order valence-corrected chi connectivity index (χ1v) is 14.1. The van der Waals surface area contributed by atoms with Crippen molar-refractivity contribution in [2.24, 2.45) is 0 Å². The Bertz CT molecular complexity index is 1540. The Kier molecular flexibility index (Phi) is 8.86. The maximum atomic E-state index is 13.8. The minimum Gasteiger partial charge on any atom is -0.506 e. The number of anilines is 1. The molecule has 1 aliphatic carbocycles. The van der Waals surface area contributed by atoms with Gasteiger partial charge in [-0.15, -0.1) is 0 Å². The van der Waals surface area contributed by atoms with Crippen LogP contribution in [0.3, 0.4) is 0 Å². The van der Waals surface area contributed by atoms with E-state index >= 15 is 0 Å². The van der Waals surface area contributed by atoms with E-state index in [1.165, 1.54) is 22.2 Å². The predicted molar refractivity (Wildman–Crippen MR) is 160 cm³/mol. The van der Waals surface area contributed by atoms with Crippen LogP contribution in [-0.4, -0.2) is 104 Å². The molecule has 0 aliphatic heterocycles. The minimum atomic E-state index is -0.700. The van der Waals surface area contributed by atoms with Gasteiger partial charge in [0.05, 0.1) is 36.0 Å². The Labute approximate surface area is 250 Å². The van der Waals surface area contributed by atoms with Gasteiger partial charge in [-0.2, -0.15) is 5.10 Å². The number of rotatable bonds is 9. The Morgan fingerprint density at radius 1 is 0.977 bits per heavy atom. The molecule has 13 nitrogen and oxygen atoms in total. The first kappa shape index (κ1) is 31.5. The molecular weight excluding hydrogens is 556 g/mol. The molecule has 0 fully saturated rings. The summed E-state index contributed by atoms with van der Waals surface area (Å²) in [7, 11) is 1.63. The number of carbonyl (C=O) groups excluding carboxylic acids is 3. The second kappa shape index (κ2) is 12.1. The molecule has 1 aromatic carbocycles. The van der Waals surface area contributed by atoms with Crippen molar-refractivity contribution >= 4 is 34.6 Å². The standard InChI is InChI=1S/C30H40N6O7/c1-29(2,3)42-27(40)34(7)11-10-32-19-8-9-20-24-23(19)26(39)22-18(16-31-17-21(22)38)25(24)33-36(20)13-12-35(14-15-37)28(41)43-30(4,5)6/h8-9,16-17,32,37-38H,10-15H2,1-7H3. The molecule has 2 amide bonds. The zero-order chi connectivity index (χ0) is 31.7. The molecule has 0 spiro atoms. The van der Waals surface area contributed by atoms with Crippen molar-refractivity contribution in [1.82, 2.24) is 24.6 Å². The van der Waals surface area contributed by atoms with Crippen LogP contribution in [0.15, 0.2) is 24.5 Å². The summed E-state index contributed by atoms with van der Waals surface area (Å²) in [5.41, 5.74) is 1.17. The van der Waals surface area contributed by atoms with Crippen LogP contribution in [-0.2, 0) is 16.0 Å². The number of nitrogens with zero attached hydrogens (tertiary/aromatic N) is 5. The van der Waals surface area contributed by atoms with Gasteiger partial charge in [0, 0.05) is 56.1 Å². The van der Waals surface area contributed by atoms with Gasteiger partial charge in [0.15, 0.2) is 5.78 Å². The van der Waals surface area contributed by atoms with Gasteiger partial charge in [0.2, 0.25) is 0 Å². The highest BCUT2D eigenvalue weighted by atomic mass is 16.6. The number of ether oxygens (including phenoxy) is 2. The number of fused-ring (bicyclic) bond motifs is 2. The third-order valence-electron chi connectivity index (χ3n) is 6.63. The van der Waals surface area contributed by atoms with Crippen LogP contribution < -0.4 is 5.32 Å². The normalized spacial score (nSPS) is 12.6. The van der Waals surface area contributed by atoms with Crippen LogP contribution in [0.25, 0.3) is 22.2 Å². The zero-order valence-electron chi connectivity index (χ0n) is 25.7. The predicted octanol–water partition coefficient (Wildman–Crippen LogP) is 3.86. The molecule has 1 aliphatic rings. The average Bonchev–Trinajstić information content (AvgIpc) is 3.26. The molecule has 0 saturated carbocycles. The number of likely N-dealkylation sites (N-methyl/N-ethyl adjacent to an activating group) is 1. The molecule has 2 aromatic heterocycles. The number of aliphatic hydroxyl groups is 1. The van der Waals surface area contributed by atoms with E-state index in [4.69, 9.17) is 14.6 Å². The number of ketones is 1. The number of aromatic hydroxyl groups is 1. The molecule has 4 rings (SSSR count). The largest absolute Gasteiger partial charge is 0.506 e. The van der Waals surface area contributed by atoms with E-state index in [-0.39, 0.29) is 43.3 Å². The van der Waals surface area contributed by atoms with E-state index in [0.29, 0.717) is 46.5 Å². The van der Waals surface area contributed by atoms with E-state index in [1.54, 1.807) is 59.3 Å². The third-order valence-corrected chi connectivity index (χ3v) is 6.63. The van der Waals surface area contributed by atoms with Crippen LogP contribution >= 0.6 is 0 Å². The van der Waals surface area contributed by atoms with Crippen LogP contribution in [0, 0.1) is 0 Å². The fraction of sp³-hybridized carbons (Fsp3) is 0.500. The topological polar surface area (TPSA) is 159 Å². The SMILES string of the molecule is CN(CCNc1ccc2c3c(nn2CCN(CCO)C(=O)OC(C)(C)C)-c2cncc(O)c2C(=O)c13)C(=O)OC(C)(C)C. The number of hydrogen-bond acceptors (Lipinski definition) is 10. The summed E-state index contributed by atoms with van der Waals surface area (Å²) < 4.78 is 12.6. The lowest BCUT2D eigenvalue weighted by molar-refractivity contribution is 0.0210.